The van der Waals surface area contributed by atoms with E-state index in [1.54, 1.807) is 19.2 Å². The molecule has 0 saturated heterocycles. The maximum Gasteiger partial charge on any atom is 0.253 e. The number of nitrogens with zero attached hydrogens (tertiary/aromatic N) is 1. The number of amides is 1. The molecule has 0 heterocycles. The molecule has 0 fully saturated rings. The lowest BCUT2D eigenvalue weighted by Gasteiger charge is -2.17. The number of rotatable bonds is 6. The first-order valence-electron chi connectivity index (χ1n) is 6.21. The van der Waals surface area contributed by atoms with Crippen LogP contribution in [-0.2, 0) is 21.4 Å². The number of sulfonamides is 1. The zero-order chi connectivity index (χ0) is 15.3. The minimum Gasteiger partial charge on any atom is -0.380 e. The van der Waals surface area contributed by atoms with E-state index >= 15 is 0 Å². The lowest BCUT2D eigenvalue weighted by molar-refractivity contribution is 0.0794. The van der Waals surface area contributed by atoms with Gasteiger partial charge in [0.2, 0.25) is 10.0 Å². The molecule has 0 aliphatic rings. The van der Waals surface area contributed by atoms with E-state index in [1.807, 2.05) is 6.92 Å². The number of methoxy groups -OCH3 is 1. The maximum atomic E-state index is 12.1. The fraction of sp³-hybridized carbons (Fsp3) is 0.462. The second-order valence-corrected chi connectivity index (χ2v) is 6.06. The first kappa shape index (κ1) is 16.6. The van der Waals surface area contributed by atoms with Crippen molar-refractivity contribution < 1.29 is 17.9 Å². The van der Waals surface area contributed by atoms with Gasteiger partial charge in [-0.3, -0.25) is 4.79 Å². The van der Waals surface area contributed by atoms with Crippen LogP contribution in [0.3, 0.4) is 0 Å². The van der Waals surface area contributed by atoms with Crippen molar-refractivity contribution in [3.8, 4) is 0 Å². The van der Waals surface area contributed by atoms with Gasteiger partial charge in [-0.15, -0.1) is 0 Å². The van der Waals surface area contributed by atoms with Crippen LogP contribution in [-0.4, -0.2) is 39.9 Å². The fourth-order valence-corrected chi connectivity index (χ4v) is 2.67. The van der Waals surface area contributed by atoms with Gasteiger partial charge in [-0.1, -0.05) is 13.0 Å². The van der Waals surface area contributed by atoms with Gasteiger partial charge in [0, 0.05) is 26.3 Å². The number of hydrogen-bond donors (Lipinski definition) is 1. The van der Waals surface area contributed by atoms with E-state index in [-0.39, 0.29) is 17.4 Å². The molecule has 112 valence electrons. The minimum absolute atomic E-state index is 0.0740. The van der Waals surface area contributed by atoms with Gasteiger partial charge in [0.05, 0.1) is 11.5 Å². The van der Waals surface area contributed by atoms with Crippen LogP contribution in [0.5, 0.6) is 0 Å². The molecule has 1 rings (SSSR count). The van der Waals surface area contributed by atoms with Crippen LogP contribution in [0.1, 0.15) is 29.3 Å². The maximum absolute atomic E-state index is 12.1. The third kappa shape index (κ3) is 4.03. The van der Waals surface area contributed by atoms with Crippen LogP contribution >= 0.6 is 0 Å². The SMILES string of the molecule is CCCN(C)C(=O)c1ccc(COC)c(S(N)(=O)=O)c1. The van der Waals surface area contributed by atoms with Crippen molar-refractivity contribution in [3.05, 3.63) is 29.3 Å². The van der Waals surface area contributed by atoms with Gasteiger partial charge in [-0.2, -0.15) is 0 Å². The number of benzene rings is 1. The van der Waals surface area contributed by atoms with Gasteiger partial charge in [-0.25, -0.2) is 13.6 Å². The van der Waals surface area contributed by atoms with Crippen LogP contribution in [0.25, 0.3) is 0 Å². The molecule has 0 unspecified atom stereocenters. The monoisotopic (exact) mass is 300 g/mol. The van der Waals surface area contributed by atoms with Crippen LogP contribution < -0.4 is 5.14 Å². The molecule has 20 heavy (non-hydrogen) atoms. The van der Waals surface area contributed by atoms with Crippen molar-refractivity contribution >= 4 is 15.9 Å². The largest absolute Gasteiger partial charge is 0.380 e. The normalized spacial score (nSPS) is 11.4. The summed E-state index contributed by atoms with van der Waals surface area (Å²) in [7, 11) is -0.769. The second-order valence-electron chi connectivity index (χ2n) is 4.53. The molecule has 1 amide bonds. The van der Waals surface area contributed by atoms with E-state index in [0.29, 0.717) is 17.7 Å². The van der Waals surface area contributed by atoms with Crippen molar-refractivity contribution in [1.82, 2.24) is 4.90 Å². The second kappa shape index (κ2) is 6.83. The molecule has 7 heteroatoms. The zero-order valence-corrected chi connectivity index (χ0v) is 12.7. The number of nitrogens with two attached hydrogens (primary N) is 1. The highest BCUT2D eigenvalue weighted by Gasteiger charge is 2.18. The Hall–Kier alpha value is -1.44. The Morgan fingerprint density at radius 2 is 2.05 bits per heavy atom. The van der Waals surface area contributed by atoms with E-state index in [2.05, 4.69) is 0 Å². The Kier molecular flexibility index (Phi) is 5.67. The lowest BCUT2D eigenvalue weighted by atomic mass is 10.1. The Labute approximate surface area is 119 Å². The lowest BCUT2D eigenvalue weighted by Crippen LogP contribution is -2.28. The highest BCUT2D eigenvalue weighted by molar-refractivity contribution is 7.89. The number of carbonyl (C=O) groups is 1. The van der Waals surface area contributed by atoms with Crippen molar-refractivity contribution in [2.45, 2.75) is 24.8 Å². The molecule has 0 aromatic heterocycles. The Balaban J connectivity index is 3.23. The van der Waals surface area contributed by atoms with Crippen molar-refractivity contribution in [2.75, 3.05) is 20.7 Å². The quantitative estimate of drug-likeness (QED) is 0.847. The van der Waals surface area contributed by atoms with E-state index in [0.717, 1.165) is 6.42 Å². The summed E-state index contributed by atoms with van der Waals surface area (Å²) in [4.78, 5) is 13.6. The summed E-state index contributed by atoms with van der Waals surface area (Å²) in [5.74, 6) is -0.235. The van der Waals surface area contributed by atoms with Crippen LogP contribution in [0.4, 0.5) is 0 Å². The molecule has 1 aromatic rings. The zero-order valence-electron chi connectivity index (χ0n) is 11.9. The Morgan fingerprint density at radius 1 is 1.40 bits per heavy atom. The molecular weight excluding hydrogens is 280 g/mol. The highest BCUT2D eigenvalue weighted by atomic mass is 32.2. The molecule has 2 N–H and O–H groups in total. The molecule has 0 saturated carbocycles. The molecule has 6 nitrogen and oxygen atoms in total. The van der Waals surface area contributed by atoms with Crippen molar-refractivity contribution in [2.24, 2.45) is 5.14 Å². The predicted octanol–water partition coefficient (Wildman–Crippen LogP) is 0.962. The fourth-order valence-electron chi connectivity index (χ4n) is 1.88. The van der Waals surface area contributed by atoms with E-state index in [9.17, 15) is 13.2 Å². The molecule has 0 radical (unpaired) electrons. The van der Waals surface area contributed by atoms with Gasteiger partial charge in [0.25, 0.3) is 5.91 Å². The van der Waals surface area contributed by atoms with E-state index < -0.39 is 10.0 Å². The summed E-state index contributed by atoms with van der Waals surface area (Å²) in [5, 5.41) is 5.18. The number of primary sulfonamides is 1. The van der Waals surface area contributed by atoms with Gasteiger partial charge in [0.1, 0.15) is 0 Å². The van der Waals surface area contributed by atoms with Crippen LogP contribution in [0.2, 0.25) is 0 Å². The van der Waals surface area contributed by atoms with Gasteiger partial charge < -0.3 is 9.64 Å². The molecule has 0 aliphatic carbocycles. The average Bonchev–Trinajstić information content (AvgIpc) is 2.37. The van der Waals surface area contributed by atoms with Gasteiger partial charge in [-0.05, 0) is 24.1 Å². The Bertz CT molecular complexity index is 584. The first-order chi connectivity index (χ1) is 9.31. The van der Waals surface area contributed by atoms with Gasteiger partial charge in [0.15, 0.2) is 0 Å². The highest BCUT2D eigenvalue weighted by Crippen LogP contribution is 2.18. The summed E-state index contributed by atoms with van der Waals surface area (Å²) in [5.41, 5.74) is 0.731. The smallest absolute Gasteiger partial charge is 0.253 e. The molecule has 0 aliphatic heterocycles. The molecule has 0 atom stereocenters. The summed E-state index contributed by atoms with van der Waals surface area (Å²) in [6.07, 6.45) is 0.825. The van der Waals surface area contributed by atoms with E-state index in [1.165, 1.54) is 18.1 Å². The first-order valence-corrected chi connectivity index (χ1v) is 7.76. The summed E-state index contributed by atoms with van der Waals surface area (Å²) in [6, 6.07) is 4.44. The third-order valence-corrected chi connectivity index (χ3v) is 3.82. The van der Waals surface area contributed by atoms with Crippen molar-refractivity contribution in [1.29, 1.82) is 0 Å². The van der Waals surface area contributed by atoms with E-state index in [4.69, 9.17) is 9.88 Å². The average molecular weight is 300 g/mol. The standard InChI is InChI=1S/C13H20N2O4S/c1-4-7-15(2)13(16)10-5-6-11(9-19-3)12(8-10)20(14,17)18/h5-6,8H,4,7,9H2,1-3H3,(H2,14,17,18). The topological polar surface area (TPSA) is 89.7 Å². The molecule has 0 bridgehead atoms. The number of hydrogen-bond acceptors (Lipinski definition) is 4. The molecular formula is C13H20N2O4S. The number of ether oxygens (including phenoxy) is 1. The summed E-state index contributed by atoms with van der Waals surface area (Å²) in [6.45, 7) is 2.68. The molecule has 1 aromatic carbocycles. The summed E-state index contributed by atoms with van der Waals surface area (Å²) < 4.78 is 28.1. The van der Waals surface area contributed by atoms with Crippen molar-refractivity contribution in [3.63, 3.8) is 0 Å². The summed E-state index contributed by atoms with van der Waals surface area (Å²) >= 11 is 0. The predicted molar refractivity (Wildman–Crippen MR) is 75.8 cm³/mol. The van der Waals surface area contributed by atoms with Gasteiger partial charge >= 0.3 is 0 Å². The Morgan fingerprint density at radius 3 is 2.55 bits per heavy atom. The van der Waals surface area contributed by atoms with Crippen LogP contribution in [0, 0.1) is 0 Å². The minimum atomic E-state index is -3.90. The molecule has 0 spiro atoms. The number of carbonyl (C=O) groups excluding carboxylic acids is 1. The third-order valence-electron chi connectivity index (χ3n) is 2.83. The van der Waals surface area contributed by atoms with Crippen LogP contribution in [0.15, 0.2) is 23.1 Å².